The predicted octanol–water partition coefficient (Wildman–Crippen LogP) is 3.17. The van der Waals surface area contributed by atoms with Gasteiger partial charge in [0.25, 0.3) is 0 Å². The summed E-state index contributed by atoms with van der Waals surface area (Å²) in [7, 11) is 0. The van der Waals surface area contributed by atoms with Gasteiger partial charge in [0.15, 0.2) is 0 Å². The van der Waals surface area contributed by atoms with Crippen LogP contribution >= 0.6 is 11.6 Å². The number of carbonyl (C=O) groups excluding carboxylic acids is 1. The van der Waals surface area contributed by atoms with Gasteiger partial charge in [-0.1, -0.05) is 41.9 Å². The van der Waals surface area contributed by atoms with E-state index in [0.29, 0.717) is 24.6 Å². The zero-order chi connectivity index (χ0) is 14.7. The van der Waals surface area contributed by atoms with Crippen molar-refractivity contribution in [3.05, 3.63) is 64.7 Å². The van der Waals surface area contributed by atoms with Crippen molar-refractivity contribution in [2.24, 2.45) is 0 Å². The second-order valence-electron chi connectivity index (χ2n) is 5.16. The number of nitrogens with one attached hydrogen (secondary N) is 1. The van der Waals surface area contributed by atoms with Crippen LogP contribution in [-0.2, 0) is 11.2 Å². The first-order valence-electron chi connectivity index (χ1n) is 6.95. The minimum atomic E-state index is 0.00153. The smallest absolute Gasteiger partial charge is 0.224 e. The van der Waals surface area contributed by atoms with E-state index >= 15 is 0 Å². The van der Waals surface area contributed by atoms with E-state index < -0.39 is 0 Å². The number of para-hydroxylation sites is 1. The number of hydrogen-bond acceptors (Lipinski definition) is 2. The van der Waals surface area contributed by atoms with E-state index in [0.717, 1.165) is 11.3 Å². The van der Waals surface area contributed by atoms with Crippen LogP contribution < -0.4 is 10.1 Å². The highest BCUT2D eigenvalue weighted by molar-refractivity contribution is 6.30. The molecule has 4 heteroatoms. The number of hydrogen-bond donors (Lipinski definition) is 1. The van der Waals surface area contributed by atoms with Crippen molar-refractivity contribution in [3.8, 4) is 5.75 Å². The van der Waals surface area contributed by atoms with Crippen molar-refractivity contribution in [1.29, 1.82) is 0 Å². The molecule has 0 aromatic heterocycles. The van der Waals surface area contributed by atoms with Gasteiger partial charge >= 0.3 is 0 Å². The van der Waals surface area contributed by atoms with Crippen molar-refractivity contribution in [2.75, 3.05) is 13.2 Å². The highest BCUT2D eigenvalue weighted by atomic mass is 35.5. The van der Waals surface area contributed by atoms with Crippen LogP contribution in [0, 0.1) is 0 Å². The summed E-state index contributed by atoms with van der Waals surface area (Å²) in [6.45, 7) is 1.22. The highest BCUT2D eigenvalue weighted by Crippen LogP contribution is 2.32. The summed E-state index contributed by atoms with van der Waals surface area (Å²) >= 11 is 5.92. The summed E-state index contributed by atoms with van der Waals surface area (Å²) < 4.78 is 5.61. The molecule has 1 unspecified atom stereocenters. The number of benzene rings is 2. The molecular weight excluding hydrogens is 286 g/mol. The zero-order valence-corrected chi connectivity index (χ0v) is 12.3. The monoisotopic (exact) mass is 301 g/mol. The van der Waals surface area contributed by atoms with Crippen LogP contribution in [0.15, 0.2) is 48.5 Å². The van der Waals surface area contributed by atoms with E-state index in [9.17, 15) is 4.79 Å². The quantitative estimate of drug-likeness (QED) is 0.942. The average molecular weight is 302 g/mol. The lowest BCUT2D eigenvalue weighted by molar-refractivity contribution is -0.120. The molecule has 0 spiro atoms. The number of carbonyl (C=O) groups is 1. The van der Waals surface area contributed by atoms with Gasteiger partial charge in [0.2, 0.25) is 5.91 Å². The van der Waals surface area contributed by atoms with Crippen LogP contribution in [0.5, 0.6) is 5.75 Å². The molecule has 0 saturated carbocycles. The number of amides is 1. The van der Waals surface area contributed by atoms with Gasteiger partial charge in [-0.2, -0.15) is 0 Å². The Labute approximate surface area is 128 Å². The number of fused-ring (bicyclic) bond motifs is 1. The number of rotatable bonds is 4. The minimum Gasteiger partial charge on any atom is -0.493 e. The second-order valence-corrected chi connectivity index (χ2v) is 5.59. The lowest BCUT2D eigenvalue weighted by atomic mass is 10.0. The zero-order valence-electron chi connectivity index (χ0n) is 11.5. The molecule has 1 N–H and O–H groups in total. The van der Waals surface area contributed by atoms with E-state index in [-0.39, 0.29) is 11.8 Å². The predicted molar refractivity (Wildman–Crippen MR) is 82.8 cm³/mol. The first-order chi connectivity index (χ1) is 10.2. The molecular formula is C17H16ClNO2. The lowest BCUT2D eigenvalue weighted by Gasteiger charge is -2.10. The van der Waals surface area contributed by atoms with Crippen molar-refractivity contribution in [3.63, 3.8) is 0 Å². The molecule has 0 saturated heterocycles. The molecule has 3 nitrogen and oxygen atoms in total. The molecule has 1 atom stereocenters. The fourth-order valence-corrected chi connectivity index (χ4v) is 2.74. The van der Waals surface area contributed by atoms with Crippen molar-refractivity contribution in [2.45, 2.75) is 12.3 Å². The van der Waals surface area contributed by atoms with Crippen LogP contribution in [-0.4, -0.2) is 19.1 Å². The van der Waals surface area contributed by atoms with Gasteiger partial charge in [0.1, 0.15) is 5.75 Å². The summed E-state index contributed by atoms with van der Waals surface area (Å²) in [6, 6.07) is 15.3. The summed E-state index contributed by atoms with van der Waals surface area (Å²) in [5, 5.41) is 3.62. The minimum absolute atomic E-state index is 0.00153. The molecule has 1 amide bonds. The van der Waals surface area contributed by atoms with Crippen molar-refractivity contribution >= 4 is 17.5 Å². The molecule has 0 bridgehead atoms. The van der Waals surface area contributed by atoms with Crippen LogP contribution in [0.2, 0.25) is 5.02 Å². The van der Waals surface area contributed by atoms with Gasteiger partial charge in [-0.25, -0.2) is 0 Å². The van der Waals surface area contributed by atoms with Gasteiger partial charge in [-0.05, 0) is 23.8 Å². The van der Waals surface area contributed by atoms with Gasteiger partial charge < -0.3 is 10.1 Å². The average Bonchev–Trinajstić information content (AvgIpc) is 2.88. The molecule has 108 valence electrons. The molecule has 0 radical (unpaired) electrons. The van der Waals surface area contributed by atoms with Gasteiger partial charge in [-0.15, -0.1) is 0 Å². The molecule has 1 heterocycles. The van der Waals surface area contributed by atoms with Crippen LogP contribution in [0.1, 0.15) is 17.0 Å². The van der Waals surface area contributed by atoms with Crippen molar-refractivity contribution in [1.82, 2.24) is 5.32 Å². The molecule has 2 aromatic carbocycles. The van der Waals surface area contributed by atoms with Crippen LogP contribution in [0.25, 0.3) is 0 Å². The van der Waals surface area contributed by atoms with E-state index in [2.05, 4.69) is 11.4 Å². The second kappa shape index (κ2) is 6.19. The summed E-state index contributed by atoms with van der Waals surface area (Å²) in [5.41, 5.74) is 2.09. The van der Waals surface area contributed by atoms with E-state index in [4.69, 9.17) is 16.3 Å². The standard InChI is InChI=1S/C17H16ClNO2/c18-14-5-3-4-12(8-14)9-17(20)19-10-13-11-21-16-7-2-1-6-15(13)16/h1-8,13H,9-11H2,(H,19,20). The normalized spacial score (nSPS) is 16.1. The molecule has 21 heavy (non-hydrogen) atoms. The maximum atomic E-state index is 12.0. The largest absolute Gasteiger partial charge is 0.493 e. The summed E-state index contributed by atoms with van der Waals surface area (Å²) in [5.74, 6) is 1.15. The molecule has 1 aliphatic heterocycles. The Balaban J connectivity index is 1.55. The van der Waals surface area contributed by atoms with Crippen molar-refractivity contribution < 1.29 is 9.53 Å². The van der Waals surface area contributed by atoms with Crippen LogP contribution in [0.4, 0.5) is 0 Å². The fourth-order valence-electron chi connectivity index (χ4n) is 2.53. The topological polar surface area (TPSA) is 38.3 Å². The van der Waals surface area contributed by atoms with E-state index in [1.807, 2.05) is 36.4 Å². The Morgan fingerprint density at radius 2 is 2.10 bits per heavy atom. The molecule has 0 fully saturated rings. The maximum Gasteiger partial charge on any atom is 0.224 e. The van der Waals surface area contributed by atoms with Gasteiger partial charge in [0, 0.05) is 23.0 Å². The van der Waals surface area contributed by atoms with E-state index in [1.165, 1.54) is 5.56 Å². The third-order valence-electron chi connectivity index (χ3n) is 3.60. The number of ether oxygens (including phenoxy) is 1. The SMILES string of the molecule is O=C(Cc1cccc(Cl)c1)NCC1COc2ccccc21. The molecule has 2 aromatic rings. The molecule has 0 aliphatic carbocycles. The van der Waals surface area contributed by atoms with Gasteiger partial charge in [-0.3, -0.25) is 4.79 Å². The highest BCUT2D eigenvalue weighted by Gasteiger charge is 2.23. The number of halogens is 1. The first kappa shape index (κ1) is 14.0. The first-order valence-corrected chi connectivity index (χ1v) is 7.33. The molecule has 1 aliphatic rings. The Bertz CT molecular complexity index is 657. The molecule has 3 rings (SSSR count). The lowest BCUT2D eigenvalue weighted by Crippen LogP contribution is -2.30. The Morgan fingerprint density at radius 3 is 2.95 bits per heavy atom. The van der Waals surface area contributed by atoms with Gasteiger partial charge in [0.05, 0.1) is 13.0 Å². The third-order valence-corrected chi connectivity index (χ3v) is 3.83. The Hall–Kier alpha value is -2.00. The summed E-state index contributed by atoms with van der Waals surface area (Å²) in [6.07, 6.45) is 0.343. The third kappa shape index (κ3) is 3.37. The summed E-state index contributed by atoms with van der Waals surface area (Å²) in [4.78, 5) is 12.0. The Morgan fingerprint density at radius 1 is 1.24 bits per heavy atom. The maximum absolute atomic E-state index is 12.0. The fraction of sp³-hybridized carbons (Fsp3) is 0.235. The van der Waals surface area contributed by atoms with Crippen LogP contribution in [0.3, 0.4) is 0 Å². The van der Waals surface area contributed by atoms with E-state index in [1.54, 1.807) is 6.07 Å². The Kier molecular flexibility index (Phi) is 4.11.